The molecule has 0 bridgehead atoms. The SMILES string of the molecule is [2H]C1([2H])CNC(=O)O1. The van der Waals surface area contributed by atoms with Gasteiger partial charge in [-0.1, -0.05) is 0 Å². The Morgan fingerprint density at radius 2 is 3.00 bits per heavy atom. The summed E-state index contributed by atoms with van der Waals surface area (Å²) < 4.78 is 17.7. The fraction of sp³-hybridized carbons (Fsp3) is 0.667. The van der Waals surface area contributed by atoms with E-state index in [1.54, 1.807) is 0 Å². The fourth-order valence-electron chi connectivity index (χ4n) is 0.246. The molecule has 1 amide bonds. The van der Waals surface area contributed by atoms with E-state index >= 15 is 0 Å². The number of ether oxygens (including phenoxy) is 1. The molecule has 0 aromatic heterocycles. The number of alkyl carbamates (subject to hydrolysis) is 1. The molecule has 1 rings (SSSR count). The molecule has 1 aliphatic rings. The molecule has 3 heteroatoms. The van der Waals surface area contributed by atoms with E-state index in [1.165, 1.54) is 0 Å². The molecule has 0 saturated carbocycles. The molecule has 34 valence electrons. The zero-order chi connectivity index (χ0) is 6.20. The van der Waals surface area contributed by atoms with Crippen LogP contribution in [0.4, 0.5) is 4.79 Å². The Morgan fingerprint density at radius 3 is 3.17 bits per heavy atom. The summed E-state index contributed by atoms with van der Waals surface area (Å²) in [5.74, 6) is 0. The van der Waals surface area contributed by atoms with E-state index in [1.807, 2.05) is 0 Å². The first-order valence-corrected chi connectivity index (χ1v) is 1.57. The summed E-state index contributed by atoms with van der Waals surface area (Å²) in [6.45, 7) is -1.84. The van der Waals surface area contributed by atoms with Crippen LogP contribution in [0.5, 0.6) is 0 Å². The van der Waals surface area contributed by atoms with Gasteiger partial charge in [0.2, 0.25) is 0 Å². The minimum absolute atomic E-state index is 0.0498. The minimum Gasteiger partial charge on any atom is -0.448 e. The second-order valence-electron chi connectivity index (χ2n) is 0.887. The van der Waals surface area contributed by atoms with Crippen molar-refractivity contribution in [3.05, 3.63) is 0 Å². The third-order valence-electron chi connectivity index (χ3n) is 0.470. The summed E-state index contributed by atoms with van der Waals surface area (Å²) in [7, 11) is 0. The Balaban J connectivity index is 2.56. The first kappa shape index (κ1) is 1.82. The average molecular weight is 89.1 g/mol. The lowest BCUT2D eigenvalue weighted by molar-refractivity contribution is 0.178. The maximum Gasteiger partial charge on any atom is 0.407 e. The summed E-state index contributed by atoms with van der Waals surface area (Å²) in [4.78, 5) is 10.1. The molecular weight excluding hydrogens is 82.0 g/mol. The maximum atomic E-state index is 10.1. The Bertz CT molecular complexity index is 124. The van der Waals surface area contributed by atoms with Crippen LogP contribution in [0.1, 0.15) is 2.74 Å². The van der Waals surface area contributed by atoms with Gasteiger partial charge in [0.05, 0.1) is 9.29 Å². The number of cyclic esters (lactones) is 1. The van der Waals surface area contributed by atoms with E-state index in [4.69, 9.17) is 2.74 Å². The molecule has 1 N–H and O–H groups in total. The van der Waals surface area contributed by atoms with Crippen LogP contribution < -0.4 is 5.32 Å². The lowest BCUT2D eigenvalue weighted by Crippen LogP contribution is -2.11. The zero-order valence-corrected chi connectivity index (χ0v) is 3.02. The first-order chi connectivity index (χ1) is 3.60. The predicted octanol–water partition coefficient (Wildman–Crippen LogP) is -0.274. The van der Waals surface area contributed by atoms with Crippen LogP contribution in [0.15, 0.2) is 0 Å². The second kappa shape index (κ2) is 1.16. The van der Waals surface area contributed by atoms with Crippen LogP contribution in [0.3, 0.4) is 0 Å². The molecule has 1 heterocycles. The van der Waals surface area contributed by atoms with Crippen molar-refractivity contribution in [1.29, 1.82) is 0 Å². The second-order valence-corrected chi connectivity index (χ2v) is 0.887. The molecule has 1 fully saturated rings. The normalized spacial score (nSPS) is 33.0. The highest BCUT2D eigenvalue weighted by atomic mass is 16.6. The molecule has 0 aromatic rings. The number of rotatable bonds is 0. The molecule has 0 aliphatic carbocycles. The van der Waals surface area contributed by atoms with Gasteiger partial charge >= 0.3 is 6.09 Å². The van der Waals surface area contributed by atoms with Gasteiger partial charge in [-0.05, 0) is 0 Å². The van der Waals surface area contributed by atoms with Crippen LogP contribution in [0.25, 0.3) is 0 Å². The van der Waals surface area contributed by atoms with Crippen LogP contribution in [-0.2, 0) is 4.74 Å². The van der Waals surface area contributed by atoms with Crippen LogP contribution in [0, 0.1) is 0 Å². The molecule has 1 saturated heterocycles. The third kappa shape index (κ3) is 0.429. The van der Waals surface area contributed by atoms with Gasteiger partial charge in [-0.3, -0.25) is 0 Å². The van der Waals surface area contributed by atoms with Gasteiger partial charge in [0.1, 0.15) is 6.56 Å². The number of amides is 1. The molecule has 0 radical (unpaired) electrons. The molecule has 6 heavy (non-hydrogen) atoms. The van der Waals surface area contributed by atoms with Crippen molar-refractivity contribution in [2.24, 2.45) is 0 Å². The lowest BCUT2D eigenvalue weighted by Gasteiger charge is -1.80. The molecular formula is C3H5NO2. The largest absolute Gasteiger partial charge is 0.448 e. The van der Waals surface area contributed by atoms with Crippen molar-refractivity contribution in [2.45, 2.75) is 0 Å². The number of hydrogen-bond donors (Lipinski definition) is 1. The van der Waals surface area contributed by atoms with Gasteiger partial charge in [-0.25, -0.2) is 4.79 Å². The summed E-state index contributed by atoms with van der Waals surface area (Å²) in [6.07, 6.45) is -0.685. The van der Waals surface area contributed by atoms with E-state index in [0.717, 1.165) is 0 Å². The fourth-order valence-corrected chi connectivity index (χ4v) is 0.246. The van der Waals surface area contributed by atoms with Crippen molar-refractivity contribution >= 4 is 6.09 Å². The summed E-state index contributed by atoms with van der Waals surface area (Å²) in [5.41, 5.74) is 0. The van der Waals surface area contributed by atoms with Crippen LogP contribution >= 0.6 is 0 Å². The summed E-state index contributed by atoms with van der Waals surface area (Å²) in [6, 6.07) is 0. The lowest BCUT2D eigenvalue weighted by atomic mass is 10.7. The molecule has 0 spiro atoms. The van der Waals surface area contributed by atoms with E-state index in [2.05, 4.69) is 10.1 Å². The quantitative estimate of drug-likeness (QED) is 0.443. The standard InChI is InChI=1S/C3H5NO2/c5-3-4-1-2-6-3/h1-2H2,(H,4,5)/i2D2. The Hall–Kier alpha value is -0.730. The number of nitrogens with one attached hydrogen (secondary N) is 1. The van der Waals surface area contributed by atoms with Crippen molar-refractivity contribution in [3.63, 3.8) is 0 Å². The van der Waals surface area contributed by atoms with Crippen molar-refractivity contribution in [2.75, 3.05) is 13.1 Å². The predicted molar refractivity (Wildman–Crippen MR) is 19.4 cm³/mol. The Morgan fingerprint density at radius 1 is 2.17 bits per heavy atom. The van der Waals surface area contributed by atoms with Crippen molar-refractivity contribution < 1.29 is 12.3 Å². The van der Waals surface area contributed by atoms with E-state index in [-0.39, 0.29) is 6.54 Å². The first-order valence-electron chi connectivity index (χ1n) is 2.57. The molecule has 0 atom stereocenters. The molecule has 1 aliphatic heterocycles. The highest BCUT2D eigenvalue weighted by Crippen LogP contribution is 1.82. The van der Waals surface area contributed by atoms with Gasteiger partial charge in [0.15, 0.2) is 0 Å². The Labute approximate surface area is 38.1 Å². The minimum atomic E-state index is -1.79. The van der Waals surface area contributed by atoms with E-state index in [9.17, 15) is 4.79 Å². The van der Waals surface area contributed by atoms with Crippen molar-refractivity contribution in [1.82, 2.24) is 5.32 Å². The summed E-state index contributed by atoms with van der Waals surface area (Å²) >= 11 is 0. The molecule has 3 nitrogen and oxygen atoms in total. The van der Waals surface area contributed by atoms with Crippen LogP contribution in [0.2, 0.25) is 0 Å². The van der Waals surface area contributed by atoms with Gasteiger partial charge in [-0.2, -0.15) is 0 Å². The van der Waals surface area contributed by atoms with Gasteiger partial charge in [0.25, 0.3) is 0 Å². The molecule has 0 aromatic carbocycles. The number of carbonyl (C=O) groups excluding carboxylic acids is 1. The van der Waals surface area contributed by atoms with Gasteiger partial charge < -0.3 is 10.1 Å². The monoisotopic (exact) mass is 89.0 g/mol. The maximum absolute atomic E-state index is 10.1. The number of hydrogen-bond acceptors (Lipinski definition) is 2. The number of carbonyl (C=O) groups is 1. The Kier molecular flexibility index (Phi) is 0.352. The zero-order valence-electron chi connectivity index (χ0n) is 5.02. The highest BCUT2D eigenvalue weighted by Gasteiger charge is 2.06. The van der Waals surface area contributed by atoms with E-state index < -0.39 is 12.7 Å². The average Bonchev–Trinajstić information content (AvgIpc) is 1.82. The molecule has 0 unspecified atom stereocenters. The topological polar surface area (TPSA) is 38.3 Å². The highest BCUT2D eigenvalue weighted by molar-refractivity contribution is 5.68. The third-order valence-corrected chi connectivity index (χ3v) is 0.470. The smallest absolute Gasteiger partial charge is 0.407 e. The summed E-state index contributed by atoms with van der Waals surface area (Å²) in [5, 5.41) is 2.17. The van der Waals surface area contributed by atoms with Gasteiger partial charge in [-0.15, -0.1) is 0 Å². The van der Waals surface area contributed by atoms with E-state index in [0.29, 0.717) is 0 Å². The van der Waals surface area contributed by atoms with Crippen LogP contribution in [-0.4, -0.2) is 19.2 Å². The van der Waals surface area contributed by atoms with Gasteiger partial charge in [0, 0.05) is 0 Å². The van der Waals surface area contributed by atoms with Crippen molar-refractivity contribution in [3.8, 4) is 0 Å².